The van der Waals surface area contributed by atoms with Gasteiger partial charge in [0.15, 0.2) is 0 Å². The van der Waals surface area contributed by atoms with Crippen molar-refractivity contribution >= 4 is 23.1 Å². The molecule has 146 valence electrons. The van der Waals surface area contributed by atoms with Gasteiger partial charge in [-0.15, -0.1) is 0 Å². The van der Waals surface area contributed by atoms with Gasteiger partial charge in [0.25, 0.3) is 0 Å². The number of hydrogen-bond acceptors (Lipinski definition) is 5. The van der Waals surface area contributed by atoms with E-state index in [0.717, 1.165) is 11.8 Å². The predicted molar refractivity (Wildman–Crippen MR) is 102 cm³/mol. The quantitative estimate of drug-likeness (QED) is 0.568. The van der Waals surface area contributed by atoms with Gasteiger partial charge in [0.2, 0.25) is 5.95 Å². The van der Waals surface area contributed by atoms with Gasteiger partial charge in [-0.05, 0) is 49.7 Å². The van der Waals surface area contributed by atoms with Gasteiger partial charge in [-0.3, -0.25) is 0 Å². The molecule has 0 atom stereocenters. The minimum Gasteiger partial charge on any atom is -0.494 e. The van der Waals surface area contributed by atoms with E-state index in [1.54, 1.807) is 49.4 Å². The lowest BCUT2D eigenvalue weighted by molar-refractivity contribution is -0.137. The molecule has 5 nitrogen and oxygen atoms in total. The molecule has 1 heterocycles. The number of anilines is 4. The Hall–Kier alpha value is -3.29. The molecule has 28 heavy (non-hydrogen) atoms. The van der Waals surface area contributed by atoms with Gasteiger partial charge < -0.3 is 15.4 Å². The van der Waals surface area contributed by atoms with Crippen molar-refractivity contribution in [2.24, 2.45) is 0 Å². The number of halogens is 3. The summed E-state index contributed by atoms with van der Waals surface area (Å²) in [6.45, 7) is 4.23. The Kier molecular flexibility index (Phi) is 5.67. The van der Waals surface area contributed by atoms with Crippen LogP contribution in [-0.4, -0.2) is 16.6 Å². The van der Waals surface area contributed by atoms with Gasteiger partial charge >= 0.3 is 6.18 Å². The summed E-state index contributed by atoms with van der Waals surface area (Å²) in [6.07, 6.45) is -3.81. The fourth-order valence-electron chi connectivity index (χ4n) is 2.52. The molecule has 0 saturated carbocycles. The average Bonchev–Trinajstić information content (AvgIpc) is 2.65. The van der Waals surface area contributed by atoms with Crippen molar-refractivity contribution < 1.29 is 17.9 Å². The Labute approximate surface area is 160 Å². The van der Waals surface area contributed by atoms with Gasteiger partial charge in [0.05, 0.1) is 6.61 Å². The number of nitrogens with zero attached hydrogens (tertiary/aromatic N) is 2. The highest BCUT2D eigenvalue weighted by atomic mass is 19.4. The maximum atomic E-state index is 13.4. The van der Waals surface area contributed by atoms with E-state index in [0.29, 0.717) is 23.7 Å². The van der Waals surface area contributed by atoms with Crippen LogP contribution in [0, 0.1) is 6.92 Å². The Morgan fingerprint density at radius 1 is 1.00 bits per heavy atom. The molecule has 1 aromatic heterocycles. The van der Waals surface area contributed by atoms with Gasteiger partial charge in [0.1, 0.15) is 17.1 Å². The lowest BCUT2D eigenvalue weighted by Crippen LogP contribution is -2.13. The van der Waals surface area contributed by atoms with Crippen LogP contribution in [0.5, 0.6) is 5.75 Å². The van der Waals surface area contributed by atoms with Crippen LogP contribution in [0.3, 0.4) is 0 Å². The fraction of sp³-hybridized carbons (Fsp3) is 0.200. The summed E-state index contributed by atoms with van der Waals surface area (Å²) >= 11 is 0. The molecule has 0 aliphatic heterocycles. The zero-order valence-electron chi connectivity index (χ0n) is 15.3. The van der Waals surface area contributed by atoms with Crippen LogP contribution in [0.2, 0.25) is 0 Å². The largest absolute Gasteiger partial charge is 0.494 e. The van der Waals surface area contributed by atoms with Crippen molar-refractivity contribution in [3.05, 3.63) is 65.9 Å². The molecule has 2 aromatic carbocycles. The van der Waals surface area contributed by atoms with Crippen molar-refractivity contribution in [2.45, 2.75) is 20.0 Å². The monoisotopic (exact) mass is 388 g/mol. The van der Waals surface area contributed by atoms with E-state index in [4.69, 9.17) is 4.74 Å². The molecule has 2 N–H and O–H groups in total. The van der Waals surface area contributed by atoms with Crippen LogP contribution in [-0.2, 0) is 6.18 Å². The van der Waals surface area contributed by atoms with Gasteiger partial charge in [-0.25, -0.2) is 4.98 Å². The molecule has 3 aromatic rings. The molecular formula is C20H19F3N4O. The lowest BCUT2D eigenvalue weighted by atomic mass is 10.2. The third-order valence-corrected chi connectivity index (χ3v) is 3.91. The molecule has 0 spiro atoms. The summed E-state index contributed by atoms with van der Waals surface area (Å²) in [7, 11) is 0. The highest BCUT2D eigenvalue weighted by molar-refractivity contribution is 5.65. The van der Waals surface area contributed by atoms with E-state index in [2.05, 4.69) is 20.6 Å². The number of nitrogens with one attached hydrogen (secondary N) is 2. The highest BCUT2D eigenvalue weighted by Gasteiger charge is 2.35. The van der Waals surface area contributed by atoms with Crippen LogP contribution in [0.25, 0.3) is 0 Å². The third-order valence-electron chi connectivity index (χ3n) is 3.91. The first-order valence-electron chi connectivity index (χ1n) is 8.63. The normalized spacial score (nSPS) is 11.2. The van der Waals surface area contributed by atoms with Crippen LogP contribution in [0.4, 0.5) is 36.3 Å². The lowest BCUT2D eigenvalue weighted by Gasteiger charge is -2.16. The third kappa shape index (κ3) is 4.70. The average molecular weight is 388 g/mol. The van der Waals surface area contributed by atoms with Crippen molar-refractivity contribution in [2.75, 3.05) is 17.2 Å². The standard InChI is InChI=1S/C20H19F3N4O/c1-3-28-15-10-8-14(9-11-15)25-19-24-12-16(20(21,22)23)18(27-19)26-17-7-5-4-6-13(17)2/h4-12H,3H2,1-2H3,(H2,24,25,26,27). The number of aromatic nitrogens is 2. The van der Waals surface area contributed by atoms with Crippen molar-refractivity contribution in [1.82, 2.24) is 9.97 Å². The van der Waals surface area contributed by atoms with E-state index in [9.17, 15) is 13.2 Å². The van der Waals surface area contributed by atoms with Crippen molar-refractivity contribution in [3.63, 3.8) is 0 Å². The van der Waals surface area contributed by atoms with E-state index in [1.807, 2.05) is 13.0 Å². The molecule has 8 heteroatoms. The van der Waals surface area contributed by atoms with E-state index in [-0.39, 0.29) is 11.8 Å². The molecule has 3 rings (SSSR count). The van der Waals surface area contributed by atoms with E-state index in [1.165, 1.54) is 0 Å². The summed E-state index contributed by atoms with van der Waals surface area (Å²) < 4.78 is 45.5. The Morgan fingerprint density at radius 3 is 2.36 bits per heavy atom. The maximum absolute atomic E-state index is 13.4. The Bertz CT molecular complexity index is 943. The van der Waals surface area contributed by atoms with Gasteiger partial charge in [-0.1, -0.05) is 18.2 Å². The van der Waals surface area contributed by atoms with E-state index >= 15 is 0 Å². The number of hydrogen-bond donors (Lipinski definition) is 2. The minimum absolute atomic E-state index is 0.0493. The summed E-state index contributed by atoms with van der Waals surface area (Å²) in [4.78, 5) is 7.86. The number of rotatable bonds is 6. The zero-order valence-corrected chi connectivity index (χ0v) is 15.3. The second kappa shape index (κ2) is 8.16. The van der Waals surface area contributed by atoms with Gasteiger partial charge in [-0.2, -0.15) is 18.2 Å². The van der Waals surface area contributed by atoms with Gasteiger partial charge in [0, 0.05) is 17.6 Å². The van der Waals surface area contributed by atoms with Crippen LogP contribution in [0.1, 0.15) is 18.1 Å². The topological polar surface area (TPSA) is 59.1 Å². The number of para-hydroxylation sites is 1. The summed E-state index contributed by atoms with van der Waals surface area (Å²) in [5, 5.41) is 5.68. The first-order valence-corrected chi connectivity index (χ1v) is 8.63. The molecule has 0 aliphatic carbocycles. The Morgan fingerprint density at radius 2 is 1.71 bits per heavy atom. The predicted octanol–water partition coefficient (Wildman–Crippen LogP) is 5.69. The fourth-order valence-corrected chi connectivity index (χ4v) is 2.52. The molecule has 0 radical (unpaired) electrons. The zero-order chi connectivity index (χ0) is 20.1. The number of aryl methyl sites for hydroxylation is 1. The summed E-state index contributed by atoms with van der Waals surface area (Å²) in [6, 6.07) is 14.0. The SMILES string of the molecule is CCOc1ccc(Nc2ncc(C(F)(F)F)c(Nc3ccccc3C)n2)cc1. The second-order valence-corrected chi connectivity index (χ2v) is 5.98. The van der Waals surface area contributed by atoms with Crippen molar-refractivity contribution in [1.29, 1.82) is 0 Å². The van der Waals surface area contributed by atoms with Crippen LogP contribution in [0.15, 0.2) is 54.7 Å². The molecule has 0 saturated heterocycles. The second-order valence-electron chi connectivity index (χ2n) is 5.98. The number of alkyl halides is 3. The molecule has 0 amide bonds. The van der Waals surface area contributed by atoms with Crippen molar-refractivity contribution in [3.8, 4) is 5.75 Å². The first-order chi connectivity index (χ1) is 13.4. The number of benzene rings is 2. The summed E-state index contributed by atoms with van der Waals surface area (Å²) in [5.74, 6) is 0.432. The smallest absolute Gasteiger partial charge is 0.421 e. The minimum atomic E-state index is -4.58. The molecule has 0 fully saturated rings. The highest BCUT2D eigenvalue weighted by Crippen LogP contribution is 2.35. The molecule has 0 bridgehead atoms. The number of ether oxygens (including phenoxy) is 1. The van der Waals surface area contributed by atoms with Crippen LogP contribution < -0.4 is 15.4 Å². The van der Waals surface area contributed by atoms with E-state index < -0.39 is 11.7 Å². The molecular weight excluding hydrogens is 369 g/mol. The Balaban J connectivity index is 1.90. The molecule has 0 aliphatic rings. The molecule has 0 unspecified atom stereocenters. The first kappa shape index (κ1) is 19.5. The maximum Gasteiger partial charge on any atom is 0.421 e. The van der Waals surface area contributed by atoms with Crippen LogP contribution >= 0.6 is 0 Å². The summed E-state index contributed by atoms with van der Waals surface area (Å²) in [5.41, 5.74) is 1.03.